The van der Waals surface area contributed by atoms with E-state index in [0.717, 1.165) is 7.05 Å². The Morgan fingerprint density at radius 1 is 0.433 bits per heavy atom. The summed E-state index contributed by atoms with van der Waals surface area (Å²) in [7, 11) is 0.741. The van der Waals surface area contributed by atoms with Crippen LogP contribution in [0.15, 0.2) is 36.4 Å². The molecule has 0 aliphatic heterocycles. The highest BCUT2D eigenvalue weighted by atomic mass is 19.4. The lowest BCUT2D eigenvalue weighted by Crippen LogP contribution is -2.18. The van der Waals surface area contributed by atoms with E-state index in [9.17, 15) is 52.7 Å². The van der Waals surface area contributed by atoms with E-state index in [1.165, 1.54) is 0 Å². The topological polar surface area (TPSA) is 3.24 Å². The second kappa shape index (κ2) is 7.27. The van der Waals surface area contributed by atoms with Gasteiger partial charge in [0.05, 0.1) is 22.3 Å². The van der Waals surface area contributed by atoms with Gasteiger partial charge < -0.3 is 4.90 Å². The molecule has 0 saturated heterocycles. The highest BCUT2D eigenvalue weighted by Gasteiger charge is 2.39. The van der Waals surface area contributed by atoms with Crippen LogP contribution in [-0.4, -0.2) is 7.05 Å². The lowest BCUT2D eigenvalue weighted by molar-refractivity contribution is -0.144. The Hall–Kier alpha value is -2.60. The molecule has 0 aromatic heterocycles. The van der Waals surface area contributed by atoms with E-state index in [-0.39, 0.29) is 36.4 Å². The standard InChI is InChI=1S/C17H9F12N/c1-30(12-4-8(14(18,19)20)2-9(5-12)15(21,22)23)13-6-10(16(24,25)26)3-11(7-13)17(27,28)29/h2-7H,1H3. The average molecular weight is 455 g/mol. The Morgan fingerprint density at radius 3 is 0.800 bits per heavy atom. The zero-order valence-corrected chi connectivity index (χ0v) is 14.4. The summed E-state index contributed by atoms with van der Waals surface area (Å²) in [5, 5.41) is 0. The maximum Gasteiger partial charge on any atom is 0.416 e. The molecule has 2 rings (SSSR count). The van der Waals surface area contributed by atoms with E-state index in [4.69, 9.17) is 0 Å². The smallest absolute Gasteiger partial charge is 0.345 e. The number of hydrogen-bond acceptors (Lipinski definition) is 1. The molecule has 30 heavy (non-hydrogen) atoms. The predicted molar refractivity (Wildman–Crippen MR) is 81.0 cm³/mol. The average Bonchev–Trinajstić information content (AvgIpc) is 2.57. The summed E-state index contributed by atoms with van der Waals surface area (Å²) in [4.78, 5) is 0.370. The third kappa shape index (κ3) is 5.30. The molecular formula is C17H9F12N. The van der Waals surface area contributed by atoms with Crippen LogP contribution in [-0.2, 0) is 24.7 Å². The molecule has 0 unspecified atom stereocenters. The first-order valence-corrected chi connectivity index (χ1v) is 7.63. The number of benzene rings is 2. The first-order chi connectivity index (χ1) is 13.3. The van der Waals surface area contributed by atoms with Crippen molar-refractivity contribution in [3.8, 4) is 0 Å². The highest BCUT2D eigenvalue weighted by Crippen LogP contribution is 2.42. The molecule has 0 radical (unpaired) electrons. The maximum atomic E-state index is 13.0. The maximum absolute atomic E-state index is 13.0. The molecule has 0 aliphatic carbocycles. The molecule has 1 nitrogen and oxygen atoms in total. The summed E-state index contributed by atoms with van der Waals surface area (Å²) in [6, 6.07) is 0.298. The highest BCUT2D eigenvalue weighted by molar-refractivity contribution is 5.66. The molecule has 2 aromatic rings. The second-order valence-corrected chi connectivity index (χ2v) is 6.09. The summed E-state index contributed by atoms with van der Waals surface area (Å²) in [6.07, 6.45) is -21.0. The normalized spacial score (nSPS) is 13.5. The van der Waals surface area contributed by atoms with Crippen molar-refractivity contribution in [1.82, 2.24) is 0 Å². The molecule has 166 valence electrons. The van der Waals surface area contributed by atoms with E-state index in [1.54, 1.807) is 0 Å². The molecule has 0 aliphatic rings. The van der Waals surface area contributed by atoms with Crippen molar-refractivity contribution in [3.05, 3.63) is 58.7 Å². The molecular weight excluding hydrogens is 446 g/mol. The minimum atomic E-state index is -5.25. The van der Waals surface area contributed by atoms with Crippen LogP contribution in [0.3, 0.4) is 0 Å². The van der Waals surface area contributed by atoms with Crippen molar-refractivity contribution in [2.75, 3.05) is 11.9 Å². The SMILES string of the molecule is CN(c1cc(C(F)(F)F)cc(C(F)(F)F)c1)c1cc(C(F)(F)F)cc(C(F)(F)F)c1. The van der Waals surface area contributed by atoms with Gasteiger partial charge in [0.25, 0.3) is 0 Å². The number of halogens is 12. The lowest BCUT2D eigenvalue weighted by atomic mass is 10.1. The van der Waals surface area contributed by atoms with Crippen LogP contribution < -0.4 is 4.90 Å². The van der Waals surface area contributed by atoms with E-state index in [0.29, 0.717) is 4.90 Å². The first kappa shape index (κ1) is 23.7. The summed E-state index contributed by atoms with van der Waals surface area (Å²) in [5.41, 5.74) is -8.93. The van der Waals surface area contributed by atoms with Crippen LogP contribution in [0.2, 0.25) is 0 Å². The summed E-state index contributed by atoms with van der Waals surface area (Å²) >= 11 is 0. The van der Waals surface area contributed by atoms with Gasteiger partial charge in [-0.25, -0.2) is 0 Å². The number of anilines is 2. The van der Waals surface area contributed by atoms with Crippen molar-refractivity contribution in [2.24, 2.45) is 0 Å². The van der Waals surface area contributed by atoms with E-state index < -0.39 is 58.3 Å². The molecule has 2 aromatic carbocycles. The molecule has 0 atom stereocenters. The summed E-state index contributed by atoms with van der Waals surface area (Å²) < 4.78 is 156. The molecule has 0 saturated carbocycles. The zero-order valence-electron chi connectivity index (χ0n) is 14.4. The third-order valence-corrected chi connectivity index (χ3v) is 3.92. The van der Waals surface area contributed by atoms with Crippen LogP contribution in [0.5, 0.6) is 0 Å². The molecule has 13 heteroatoms. The van der Waals surface area contributed by atoms with Crippen molar-refractivity contribution in [1.29, 1.82) is 0 Å². The van der Waals surface area contributed by atoms with Crippen LogP contribution >= 0.6 is 0 Å². The van der Waals surface area contributed by atoms with Crippen LogP contribution in [0.1, 0.15) is 22.3 Å². The Kier molecular flexibility index (Phi) is 5.74. The van der Waals surface area contributed by atoms with Crippen LogP contribution in [0.4, 0.5) is 64.1 Å². The largest absolute Gasteiger partial charge is 0.416 e. The van der Waals surface area contributed by atoms with Crippen molar-refractivity contribution < 1.29 is 52.7 Å². The van der Waals surface area contributed by atoms with Gasteiger partial charge in [0.15, 0.2) is 0 Å². The molecule has 0 amide bonds. The number of rotatable bonds is 2. The van der Waals surface area contributed by atoms with Gasteiger partial charge in [0.1, 0.15) is 0 Å². The summed E-state index contributed by atoms with van der Waals surface area (Å²) in [6.45, 7) is 0. The van der Waals surface area contributed by atoms with Crippen molar-refractivity contribution in [3.63, 3.8) is 0 Å². The van der Waals surface area contributed by atoms with Gasteiger partial charge in [-0.1, -0.05) is 0 Å². The van der Waals surface area contributed by atoms with Gasteiger partial charge in [-0.05, 0) is 36.4 Å². The van der Waals surface area contributed by atoms with Crippen LogP contribution in [0.25, 0.3) is 0 Å². The monoisotopic (exact) mass is 455 g/mol. The van der Waals surface area contributed by atoms with Gasteiger partial charge >= 0.3 is 24.7 Å². The second-order valence-electron chi connectivity index (χ2n) is 6.09. The fraction of sp³-hybridized carbons (Fsp3) is 0.294. The van der Waals surface area contributed by atoms with Crippen LogP contribution in [0, 0.1) is 0 Å². The van der Waals surface area contributed by atoms with Crippen molar-refractivity contribution in [2.45, 2.75) is 24.7 Å². The molecule has 0 heterocycles. The van der Waals surface area contributed by atoms with E-state index >= 15 is 0 Å². The molecule has 0 spiro atoms. The molecule has 0 bridgehead atoms. The van der Waals surface area contributed by atoms with Gasteiger partial charge in [-0.15, -0.1) is 0 Å². The number of alkyl halides is 12. The zero-order chi connectivity index (χ0) is 23.3. The predicted octanol–water partition coefficient (Wildman–Crippen LogP) is 7.53. The van der Waals surface area contributed by atoms with E-state index in [2.05, 4.69) is 0 Å². The summed E-state index contributed by atoms with van der Waals surface area (Å²) in [5.74, 6) is 0. The lowest BCUT2D eigenvalue weighted by Gasteiger charge is -2.24. The molecule has 0 N–H and O–H groups in total. The first-order valence-electron chi connectivity index (χ1n) is 7.63. The third-order valence-electron chi connectivity index (χ3n) is 3.92. The fourth-order valence-corrected chi connectivity index (χ4v) is 2.41. The Morgan fingerprint density at radius 2 is 0.633 bits per heavy atom. The Bertz CT molecular complexity index is 778. The number of hydrogen-bond donors (Lipinski definition) is 0. The Labute approximate surface area is 160 Å². The quantitative estimate of drug-likeness (QED) is 0.423. The fourth-order valence-electron chi connectivity index (χ4n) is 2.41. The van der Waals surface area contributed by atoms with Gasteiger partial charge in [-0.3, -0.25) is 0 Å². The minimum absolute atomic E-state index is 0.183. The van der Waals surface area contributed by atoms with Gasteiger partial charge in [0, 0.05) is 18.4 Å². The molecule has 0 fully saturated rings. The van der Waals surface area contributed by atoms with Crippen molar-refractivity contribution >= 4 is 11.4 Å². The van der Waals surface area contributed by atoms with Gasteiger partial charge in [0.2, 0.25) is 0 Å². The number of nitrogens with zero attached hydrogens (tertiary/aromatic N) is 1. The minimum Gasteiger partial charge on any atom is -0.345 e. The Balaban J connectivity index is 2.72. The van der Waals surface area contributed by atoms with E-state index in [1.807, 2.05) is 0 Å². The van der Waals surface area contributed by atoms with Gasteiger partial charge in [-0.2, -0.15) is 52.7 Å².